The summed E-state index contributed by atoms with van der Waals surface area (Å²) in [5.41, 5.74) is 1.48. The van der Waals surface area contributed by atoms with Gasteiger partial charge in [0.05, 0.1) is 41.0 Å². The first-order valence-electron chi connectivity index (χ1n) is 14.3. The number of pyridine rings is 2. The highest BCUT2D eigenvalue weighted by molar-refractivity contribution is 5.90. The van der Waals surface area contributed by atoms with Crippen LogP contribution in [-0.2, 0) is 37.8 Å². The molecule has 3 aromatic rings. The van der Waals surface area contributed by atoms with Crippen molar-refractivity contribution in [2.75, 3.05) is 0 Å². The van der Waals surface area contributed by atoms with E-state index in [9.17, 15) is 24.3 Å². The van der Waals surface area contributed by atoms with Gasteiger partial charge in [0.15, 0.2) is 0 Å². The fourth-order valence-corrected chi connectivity index (χ4v) is 5.63. The number of fused-ring (bicyclic) bond motifs is 5. The van der Waals surface area contributed by atoms with Gasteiger partial charge in [0, 0.05) is 10.9 Å². The van der Waals surface area contributed by atoms with E-state index in [0.29, 0.717) is 34.6 Å². The van der Waals surface area contributed by atoms with E-state index < -0.39 is 35.3 Å². The molecule has 5 rings (SSSR count). The number of nitrogens with zero attached hydrogens (tertiary/aromatic N) is 2. The largest absolute Gasteiger partial charge is 0.460 e. The van der Waals surface area contributed by atoms with Crippen molar-refractivity contribution in [2.45, 2.75) is 91.7 Å². The number of cyclic esters (lactones) is 1. The predicted molar refractivity (Wildman–Crippen MR) is 158 cm³/mol. The number of aromatic nitrogens is 2. The third-order valence-electron chi connectivity index (χ3n) is 7.65. The fourth-order valence-electron chi connectivity index (χ4n) is 5.63. The monoisotopic (exact) mass is 591 g/mol. The standard InChI is InChI=1S/C32H37N3O8/c1-16(2)10-24(34-30(39)43-31(4,5)6)29(38)42-18-8-9-23-19(11-18)17(3)20-14-35-25(27(20)33-23)12-22-21(28(35)37)15-41-26(36)13-32(22,7)40/h8-9,11-12,16,24,40H,10,13-15H2,1-7H3,(H,34,39)/t24-,32?/m0/s1. The second-order valence-corrected chi connectivity index (χ2v) is 12.9. The van der Waals surface area contributed by atoms with Crippen molar-refractivity contribution in [3.63, 3.8) is 0 Å². The Kier molecular flexibility index (Phi) is 7.58. The number of aliphatic hydroxyl groups is 1. The minimum Gasteiger partial charge on any atom is -0.460 e. The number of carbonyl (C=O) groups excluding carboxylic acids is 3. The first-order chi connectivity index (χ1) is 20.0. The van der Waals surface area contributed by atoms with Gasteiger partial charge >= 0.3 is 18.0 Å². The molecule has 1 amide bonds. The normalized spacial score (nSPS) is 18.3. The maximum Gasteiger partial charge on any atom is 0.408 e. The number of nitrogens with one attached hydrogen (secondary N) is 1. The quantitative estimate of drug-likeness (QED) is 0.257. The molecule has 0 fully saturated rings. The van der Waals surface area contributed by atoms with Crippen LogP contribution in [0, 0.1) is 12.8 Å². The molecule has 0 saturated heterocycles. The number of hydrogen-bond acceptors (Lipinski definition) is 9. The van der Waals surface area contributed by atoms with E-state index in [1.165, 1.54) is 6.92 Å². The molecule has 0 saturated carbocycles. The Morgan fingerprint density at radius 1 is 1.19 bits per heavy atom. The minimum absolute atomic E-state index is 0.106. The first-order valence-corrected chi connectivity index (χ1v) is 14.3. The maximum atomic E-state index is 13.5. The molecule has 1 unspecified atom stereocenters. The smallest absolute Gasteiger partial charge is 0.408 e. The molecular weight excluding hydrogens is 554 g/mol. The summed E-state index contributed by atoms with van der Waals surface area (Å²) < 4.78 is 17.8. The van der Waals surface area contributed by atoms with Crippen molar-refractivity contribution in [3.8, 4) is 17.1 Å². The van der Waals surface area contributed by atoms with Crippen LogP contribution in [0.2, 0.25) is 0 Å². The van der Waals surface area contributed by atoms with Gasteiger partial charge in [-0.1, -0.05) is 13.8 Å². The maximum absolute atomic E-state index is 13.5. The fraction of sp³-hybridized carbons (Fsp3) is 0.469. The summed E-state index contributed by atoms with van der Waals surface area (Å²) in [5.74, 6) is -0.786. The molecule has 1 aromatic carbocycles. The molecule has 2 atom stereocenters. The molecule has 11 heteroatoms. The number of ether oxygens (including phenoxy) is 3. The average molecular weight is 592 g/mol. The van der Waals surface area contributed by atoms with E-state index in [2.05, 4.69) is 5.32 Å². The molecular formula is C32H37N3O8. The van der Waals surface area contributed by atoms with Crippen LogP contribution in [-0.4, -0.2) is 44.3 Å². The second kappa shape index (κ2) is 10.8. The molecule has 0 radical (unpaired) electrons. The van der Waals surface area contributed by atoms with Gasteiger partial charge in [0.2, 0.25) is 0 Å². The summed E-state index contributed by atoms with van der Waals surface area (Å²) in [4.78, 5) is 56.0. The van der Waals surface area contributed by atoms with Gasteiger partial charge in [-0.3, -0.25) is 9.59 Å². The van der Waals surface area contributed by atoms with Gasteiger partial charge in [-0.05, 0) is 82.3 Å². The lowest BCUT2D eigenvalue weighted by Crippen LogP contribution is -2.45. The highest BCUT2D eigenvalue weighted by atomic mass is 16.6. The number of carbonyl (C=O) groups is 3. The molecule has 43 heavy (non-hydrogen) atoms. The SMILES string of the molecule is Cc1c2c(nc3ccc(OC(=O)[C@H](CC(C)C)NC(=O)OC(C)(C)C)cc13)-c1cc3c(c(=O)n1C2)COC(=O)CC3(C)O. The third-order valence-corrected chi connectivity index (χ3v) is 7.65. The molecule has 2 aliphatic heterocycles. The number of benzene rings is 1. The number of hydrogen-bond donors (Lipinski definition) is 2. The van der Waals surface area contributed by atoms with E-state index in [-0.39, 0.29) is 36.6 Å². The summed E-state index contributed by atoms with van der Waals surface area (Å²) >= 11 is 0. The number of amides is 1. The van der Waals surface area contributed by atoms with Crippen LogP contribution in [0.3, 0.4) is 0 Å². The molecule has 11 nitrogen and oxygen atoms in total. The van der Waals surface area contributed by atoms with Crippen LogP contribution in [0.15, 0.2) is 29.1 Å². The van der Waals surface area contributed by atoms with Gasteiger partial charge in [-0.2, -0.15) is 0 Å². The van der Waals surface area contributed by atoms with E-state index >= 15 is 0 Å². The number of alkyl carbamates (subject to hydrolysis) is 1. The van der Waals surface area contributed by atoms with Crippen LogP contribution in [0.5, 0.6) is 5.75 Å². The van der Waals surface area contributed by atoms with Crippen LogP contribution in [0.25, 0.3) is 22.3 Å². The van der Waals surface area contributed by atoms with Crippen molar-refractivity contribution in [2.24, 2.45) is 5.92 Å². The van der Waals surface area contributed by atoms with E-state index in [1.807, 2.05) is 20.8 Å². The summed E-state index contributed by atoms with van der Waals surface area (Å²) in [7, 11) is 0. The Labute approximate surface area is 249 Å². The van der Waals surface area contributed by atoms with Gasteiger partial charge in [-0.15, -0.1) is 0 Å². The molecule has 2 N–H and O–H groups in total. The minimum atomic E-state index is -1.56. The molecule has 2 aliphatic rings. The molecule has 2 aromatic heterocycles. The Morgan fingerprint density at radius 2 is 1.91 bits per heavy atom. The van der Waals surface area contributed by atoms with E-state index in [0.717, 1.165) is 16.5 Å². The van der Waals surface area contributed by atoms with Gasteiger partial charge in [0.1, 0.15) is 24.0 Å². The van der Waals surface area contributed by atoms with Crippen molar-refractivity contribution in [3.05, 3.63) is 56.9 Å². The highest BCUT2D eigenvalue weighted by Crippen LogP contribution is 2.39. The zero-order chi connectivity index (χ0) is 31.4. The third kappa shape index (κ3) is 5.99. The van der Waals surface area contributed by atoms with Crippen molar-refractivity contribution < 1.29 is 33.7 Å². The summed E-state index contributed by atoms with van der Waals surface area (Å²) in [6, 6.07) is 5.91. The van der Waals surface area contributed by atoms with Gasteiger partial charge in [0.25, 0.3) is 5.56 Å². The van der Waals surface area contributed by atoms with Crippen molar-refractivity contribution in [1.82, 2.24) is 14.9 Å². The Hall–Kier alpha value is -4.25. The Morgan fingerprint density at radius 3 is 2.58 bits per heavy atom. The van der Waals surface area contributed by atoms with Crippen LogP contribution < -0.4 is 15.6 Å². The molecule has 0 bridgehead atoms. The van der Waals surface area contributed by atoms with Crippen molar-refractivity contribution in [1.29, 1.82) is 0 Å². The second-order valence-electron chi connectivity index (χ2n) is 12.9. The van der Waals surface area contributed by atoms with Gasteiger partial charge in [-0.25, -0.2) is 14.6 Å². The Bertz CT molecular complexity index is 1710. The molecule has 228 valence electrons. The lowest BCUT2D eigenvalue weighted by molar-refractivity contribution is -0.148. The lowest BCUT2D eigenvalue weighted by Gasteiger charge is -2.23. The van der Waals surface area contributed by atoms with Gasteiger partial charge < -0.3 is 29.2 Å². The summed E-state index contributed by atoms with van der Waals surface area (Å²) in [6.45, 7) is 12.6. The lowest BCUT2D eigenvalue weighted by atomic mass is 9.89. The van der Waals surface area contributed by atoms with Crippen LogP contribution in [0.1, 0.15) is 76.6 Å². The van der Waals surface area contributed by atoms with Crippen LogP contribution >= 0.6 is 0 Å². The zero-order valence-electron chi connectivity index (χ0n) is 25.5. The Balaban J connectivity index is 1.47. The van der Waals surface area contributed by atoms with E-state index in [4.69, 9.17) is 19.2 Å². The van der Waals surface area contributed by atoms with Crippen LogP contribution in [0.4, 0.5) is 4.79 Å². The predicted octanol–water partition coefficient (Wildman–Crippen LogP) is 4.23. The number of esters is 2. The summed E-state index contributed by atoms with van der Waals surface area (Å²) in [6.07, 6.45) is -0.591. The molecule has 0 aliphatic carbocycles. The number of aryl methyl sites for hydroxylation is 1. The first kappa shape index (κ1) is 30.2. The zero-order valence-corrected chi connectivity index (χ0v) is 25.5. The number of rotatable bonds is 5. The highest BCUT2D eigenvalue weighted by Gasteiger charge is 2.37. The topological polar surface area (TPSA) is 146 Å². The van der Waals surface area contributed by atoms with Crippen molar-refractivity contribution >= 4 is 28.9 Å². The van der Waals surface area contributed by atoms with E-state index in [1.54, 1.807) is 49.6 Å². The average Bonchev–Trinajstić information content (AvgIpc) is 3.20. The summed E-state index contributed by atoms with van der Waals surface area (Å²) in [5, 5.41) is 14.4. The molecule has 0 spiro atoms. The molecule has 4 heterocycles.